The second kappa shape index (κ2) is 3.58. The zero-order valence-corrected chi connectivity index (χ0v) is 6.15. The number of hydrogen-bond donors (Lipinski definition) is 1. The van der Waals surface area contributed by atoms with Gasteiger partial charge in [-0.2, -0.15) is 15.4 Å². The third-order valence-electron chi connectivity index (χ3n) is 1.32. The molecule has 6 nitrogen and oxygen atoms in total. The number of aromatic amines is 1. The minimum Gasteiger partial charge on any atom is -0.197 e. The van der Waals surface area contributed by atoms with E-state index in [0.717, 1.165) is 17.8 Å². The summed E-state index contributed by atoms with van der Waals surface area (Å²) >= 11 is 0. The van der Waals surface area contributed by atoms with Gasteiger partial charge in [-0.15, -0.1) is 0 Å². The number of aromatic nitrogens is 3. The van der Waals surface area contributed by atoms with Crippen molar-refractivity contribution in [3.63, 3.8) is 0 Å². The summed E-state index contributed by atoms with van der Waals surface area (Å²) < 4.78 is 0. The molecule has 1 N–H and O–H groups in total. The van der Waals surface area contributed by atoms with E-state index in [9.17, 15) is 0 Å². The minimum absolute atomic E-state index is 0.274. The molecule has 1 heterocycles. The molecule has 0 saturated carbocycles. The summed E-state index contributed by atoms with van der Waals surface area (Å²) in [7, 11) is 0. The second-order valence-electron chi connectivity index (χ2n) is 1.96. The SMILES string of the molecule is CCc1n[nH]nc1CN=[N+]=[N-]. The van der Waals surface area contributed by atoms with Crippen LogP contribution in [0.25, 0.3) is 10.4 Å². The summed E-state index contributed by atoms with van der Waals surface area (Å²) in [5.74, 6) is 0. The molecule has 0 aliphatic heterocycles. The molecule has 0 atom stereocenters. The molecule has 1 aromatic heterocycles. The van der Waals surface area contributed by atoms with E-state index in [1.807, 2.05) is 6.92 Å². The number of hydrogen-bond acceptors (Lipinski definition) is 3. The van der Waals surface area contributed by atoms with Gasteiger partial charge in [0.25, 0.3) is 0 Å². The summed E-state index contributed by atoms with van der Waals surface area (Å²) in [5.41, 5.74) is 9.61. The first-order valence-electron chi connectivity index (χ1n) is 3.27. The molecule has 58 valence electrons. The molecule has 0 aliphatic carbocycles. The highest BCUT2D eigenvalue weighted by molar-refractivity contribution is 5.07. The van der Waals surface area contributed by atoms with Crippen molar-refractivity contribution in [3.05, 3.63) is 21.8 Å². The standard InChI is InChI=1S/C5H8N6/c1-2-4-5(3-7-10-6)9-11-8-4/h2-3H2,1H3,(H,8,9,11). The van der Waals surface area contributed by atoms with Crippen LogP contribution in [0.4, 0.5) is 0 Å². The van der Waals surface area contributed by atoms with Crippen molar-refractivity contribution in [2.75, 3.05) is 0 Å². The molecule has 0 aromatic carbocycles. The second-order valence-corrected chi connectivity index (χ2v) is 1.96. The zero-order valence-electron chi connectivity index (χ0n) is 6.15. The number of H-pyrrole nitrogens is 1. The van der Waals surface area contributed by atoms with Crippen molar-refractivity contribution >= 4 is 0 Å². The highest BCUT2D eigenvalue weighted by atomic mass is 15.3. The summed E-state index contributed by atoms with van der Waals surface area (Å²) in [6.07, 6.45) is 0.798. The van der Waals surface area contributed by atoms with E-state index >= 15 is 0 Å². The van der Waals surface area contributed by atoms with Gasteiger partial charge < -0.3 is 0 Å². The zero-order chi connectivity index (χ0) is 8.10. The average Bonchev–Trinajstić information content (AvgIpc) is 2.47. The van der Waals surface area contributed by atoms with Crippen LogP contribution < -0.4 is 0 Å². The Kier molecular flexibility index (Phi) is 2.46. The van der Waals surface area contributed by atoms with E-state index < -0.39 is 0 Å². The first-order valence-corrected chi connectivity index (χ1v) is 3.27. The van der Waals surface area contributed by atoms with Crippen molar-refractivity contribution in [2.24, 2.45) is 5.11 Å². The van der Waals surface area contributed by atoms with E-state index in [0.29, 0.717) is 0 Å². The number of nitrogens with one attached hydrogen (secondary N) is 1. The van der Waals surface area contributed by atoms with E-state index in [4.69, 9.17) is 5.53 Å². The van der Waals surface area contributed by atoms with Crippen LogP contribution in [-0.4, -0.2) is 15.4 Å². The number of nitrogens with zero attached hydrogens (tertiary/aromatic N) is 5. The largest absolute Gasteiger partial charge is 0.197 e. The van der Waals surface area contributed by atoms with Crippen molar-refractivity contribution < 1.29 is 0 Å². The molecule has 0 fully saturated rings. The number of aryl methyl sites for hydroxylation is 1. The van der Waals surface area contributed by atoms with Crippen LogP contribution in [0.1, 0.15) is 18.3 Å². The van der Waals surface area contributed by atoms with Crippen molar-refractivity contribution in [1.82, 2.24) is 15.4 Å². The fraction of sp³-hybridized carbons (Fsp3) is 0.600. The van der Waals surface area contributed by atoms with Crippen LogP contribution in [0.15, 0.2) is 5.11 Å². The third kappa shape index (κ3) is 1.68. The van der Waals surface area contributed by atoms with Gasteiger partial charge >= 0.3 is 0 Å². The molecule has 0 spiro atoms. The molecule has 1 aromatic rings. The Morgan fingerprint density at radius 3 is 2.91 bits per heavy atom. The molecule has 0 unspecified atom stereocenters. The lowest BCUT2D eigenvalue weighted by Gasteiger charge is -1.88. The van der Waals surface area contributed by atoms with Gasteiger partial charge in [0.2, 0.25) is 0 Å². The van der Waals surface area contributed by atoms with Crippen molar-refractivity contribution in [2.45, 2.75) is 19.9 Å². The van der Waals surface area contributed by atoms with Crippen LogP contribution in [0.5, 0.6) is 0 Å². The van der Waals surface area contributed by atoms with Crippen LogP contribution >= 0.6 is 0 Å². The van der Waals surface area contributed by atoms with E-state index in [1.165, 1.54) is 0 Å². The number of rotatable bonds is 3. The molecular formula is C5H8N6. The Morgan fingerprint density at radius 2 is 2.27 bits per heavy atom. The maximum Gasteiger partial charge on any atom is 0.0914 e. The van der Waals surface area contributed by atoms with E-state index in [1.54, 1.807) is 0 Å². The summed E-state index contributed by atoms with van der Waals surface area (Å²) in [5, 5.41) is 13.5. The van der Waals surface area contributed by atoms with Gasteiger partial charge in [-0.3, -0.25) is 0 Å². The molecule has 0 radical (unpaired) electrons. The molecule has 0 amide bonds. The molecule has 6 heteroatoms. The summed E-state index contributed by atoms with van der Waals surface area (Å²) in [4.78, 5) is 2.63. The Bertz CT molecular complexity index is 270. The van der Waals surface area contributed by atoms with Gasteiger partial charge in [0.15, 0.2) is 0 Å². The lowest BCUT2D eigenvalue weighted by Crippen LogP contribution is -1.88. The predicted molar refractivity (Wildman–Crippen MR) is 38.6 cm³/mol. The minimum atomic E-state index is 0.274. The smallest absolute Gasteiger partial charge is 0.0914 e. The Morgan fingerprint density at radius 1 is 1.55 bits per heavy atom. The topological polar surface area (TPSA) is 90.3 Å². The maximum absolute atomic E-state index is 8.03. The van der Waals surface area contributed by atoms with Crippen LogP contribution in [0.2, 0.25) is 0 Å². The summed E-state index contributed by atoms with van der Waals surface area (Å²) in [6, 6.07) is 0. The lowest BCUT2D eigenvalue weighted by molar-refractivity contribution is 0.893. The van der Waals surface area contributed by atoms with Crippen LogP contribution in [-0.2, 0) is 13.0 Å². The average molecular weight is 152 g/mol. The fourth-order valence-corrected chi connectivity index (χ4v) is 0.783. The van der Waals surface area contributed by atoms with Crippen LogP contribution in [0.3, 0.4) is 0 Å². The quantitative estimate of drug-likeness (QED) is 0.400. The van der Waals surface area contributed by atoms with Gasteiger partial charge in [0.05, 0.1) is 17.9 Å². The van der Waals surface area contributed by atoms with Gasteiger partial charge in [-0.25, -0.2) is 0 Å². The Hall–Kier alpha value is -1.55. The summed E-state index contributed by atoms with van der Waals surface area (Å²) in [6.45, 7) is 2.24. The van der Waals surface area contributed by atoms with Gasteiger partial charge in [0.1, 0.15) is 0 Å². The monoisotopic (exact) mass is 152 g/mol. The fourth-order valence-electron chi connectivity index (χ4n) is 0.783. The molecule has 0 aliphatic rings. The number of azide groups is 1. The van der Waals surface area contributed by atoms with Gasteiger partial charge in [0, 0.05) is 4.91 Å². The predicted octanol–water partition coefficient (Wildman–Crippen LogP) is 1.18. The normalized spacial score (nSPS) is 9.18. The Balaban J connectivity index is 2.75. The van der Waals surface area contributed by atoms with Crippen LogP contribution in [0, 0.1) is 0 Å². The third-order valence-corrected chi connectivity index (χ3v) is 1.32. The van der Waals surface area contributed by atoms with Gasteiger partial charge in [-0.05, 0) is 12.0 Å². The molecule has 0 bridgehead atoms. The first kappa shape index (κ1) is 7.56. The maximum atomic E-state index is 8.03. The molecular weight excluding hydrogens is 144 g/mol. The van der Waals surface area contributed by atoms with E-state index in [-0.39, 0.29) is 6.54 Å². The van der Waals surface area contributed by atoms with E-state index in [2.05, 4.69) is 25.4 Å². The lowest BCUT2D eigenvalue weighted by atomic mass is 10.3. The molecule has 0 saturated heterocycles. The molecule has 11 heavy (non-hydrogen) atoms. The highest BCUT2D eigenvalue weighted by Gasteiger charge is 2.02. The van der Waals surface area contributed by atoms with Crippen molar-refractivity contribution in [3.8, 4) is 0 Å². The first-order chi connectivity index (χ1) is 5.38. The van der Waals surface area contributed by atoms with Crippen molar-refractivity contribution in [1.29, 1.82) is 0 Å². The van der Waals surface area contributed by atoms with Gasteiger partial charge in [-0.1, -0.05) is 12.0 Å². The Labute approximate surface area is 63.2 Å². The highest BCUT2D eigenvalue weighted by Crippen LogP contribution is 2.02. The molecule has 1 rings (SSSR count).